The van der Waals surface area contributed by atoms with Crippen LogP contribution in [-0.2, 0) is 16.5 Å². The summed E-state index contributed by atoms with van der Waals surface area (Å²) in [5, 5.41) is 3.20. The minimum atomic E-state index is -0.517. The summed E-state index contributed by atoms with van der Waals surface area (Å²) in [6.45, 7) is 10.6. The molecule has 1 saturated carbocycles. The zero-order valence-electron chi connectivity index (χ0n) is 27.0. The predicted molar refractivity (Wildman–Crippen MR) is 172 cm³/mol. The van der Waals surface area contributed by atoms with Gasteiger partial charge in [0.2, 0.25) is 0 Å². The molecule has 2 aliphatic carbocycles. The maximum Gasteiger partial charge on any atom is 0.410 e. The number of carbonyl (C=O) groups is 2. The lowest BCUT2D eigenvalue weighted by Gasteiger charge is -2.39. The summed E-state index contributed by atoms with van der Waals surface area (Å²) in [6, 6.07) is 9.89. The maximum absolute atomic E-state index is 13.3. The van der Waals surface area contributed by atoms with Crippen molar-refractivity contribution in [2.45, 2.75) is 77.2 Å². The Bertz CT molecular complexity index is 1580. The summed E-state index contributed by atoms with van der Waals surface area (Å²) in [7, 11) is 1.94. The molecule has 3 aromatic rings. The third-order valence-electron chi connectivity index (χ3n) is 9.39. The van der Waals surface area contributed by atoms with E-state index in [1.165, 1.54) is 0 Å². The molecule has 2 atom stereocenters. The summed E-state index contributed by atoms with van der Waals surface area (Å²) in [6.07, 6.45) is 10.2. The zero-order chi connectivity index (χ0) is 31.7. The number of carbonyl (C=O) groups excluding carboxylic acids is 2. The number of rotatable bonds is 8. The molecule has 2 aromatic heterocycles. The minimum absolute atomic E-state index is 0.0570. The van der Waals surface area contributed by atoms with Crippen LogP contribution < -0.4 is 5.32 Å². The fourth-order valence-electron chi connectivity index (χ4n) is 6.38. The van der Waals surface area contributed by atoms with Gasteiger partial charge in [-0.1, -0.05) is 43.7 Å². The molecule has 1 saturated heterocycles. The average molecular weight is 613 g/mol. The number of alkyl carbamates (subject to hydrolysis) is 1. The Hall–Kier alpha value is -4.18. The second-order valence-electron chi connectivity index (χ2n) is 12.8. The quantitative estimate of drug-likeness (QED) is 0.332. The second-order valence-corrected chi connectivity index (χ2v) is 12.8. The van der Waals surface area contributed by atoms with E-state index in [1.54, 1.807) is 12.5 Å². The summed E-state index contributed by atoms with van der Waals surface area (Å²) >= 11 is 0. The highest BCUT2D eigenvalue weighted by Gasteiger charge is 2.43. The van der Waals surface area contributed by atoms with Gasteiger partial charge in [-0.05, 0) is 73.9 Å². The number of piperazine rings is 1. The molecule has 10 heteroatoms. The number of aromatic nitrogens is 3. The van der Waals surface area contributed by atoms with Gasteiger partial charge in [0.05, 0.1) is 36.0 Å². The van der Waals surface area contributed by atoms with Gasteiger partial charge in [-0.2, -0.15) is 0 Å². The number of nitrogens with zero attached hydrogens (tertiary/aromatic N) is 5. The van der Waals surface area contributed by atoms with Crippen molar-refractivity contribution in [1.29, 1.82) is 0 Å². The molecule has 2 unspecified atom stereocenters. The number of fused-ring (bicyclic) bond motifs is 2. The van der Waals surface area contributed by atoms with Gasteiger partial charge in [0.1, 0.15) is 11.7 Å². The Kier molecular flexibility index (Phi) is 8.68. The van der Waals surface area contributed by atoms with E-state index in [0.29, 0.717) is 26.2 Å². The van der Waals surface area contributed by atoms with Gasteiger partial charge in [0, 0.05) is 39.4 Å². The van der Waals surface area contributed by atoms with Gasteiger partial charge in [0.25, 0.3) is 0 Å². The van der Waals surface area contributed by atoms with Crippen molar-refractivity contribution in [3.63, 3.8) is 0 Å². The van der Waals surface area contributed by atoms with Crippen LogP contribution in [0.4, 0.5) is 9.59 Å². The molecule has 3 aliphatic rings. The average Bonchev–Trinajstić information content (AvgIpc) is 3.64. The Labute approximate surface area is 265 Å². The van der Waals surface area contributed by atoms with Gasteiger partial charge < -0.3 is 24.3 Å². The van der Waals surface area contributed by atoms with Crippen LogP contribution in [0, 0.1) is 6.92 Å². The van der Waals surface area contributed by atoms with E-state index in [-0.39, 0.29) is 18.2 Å². The van der Waals surface area contributed by atoms with Crippen LogP contribution in [0.3, 0.4) is 0 Å². The SMILES string of the molecule is CCC(CC)OC(=O)N1CCN(C2c3ccc(C)cc3C(C(NC(=O)OC3(C)CC3)c3cncn3C)=Cc3cccnc32)CC1. The van der Waals surface area contributed by atoms with Crippen LogP contribution in [0.1, 0.15) is 92.2 Å². The molecule has 238 valence electrons. The summed E-state index contributed by atoms with van der Waals surface area (Å²) < 4.78 is 13.5. The molecule has 0 radical (unpaired) electrons. The number of aryl methyl sites for hydroxylation is 2. The number of hydrogen-bond acceptors (Lipinski definition) is 7. The van der Waals surface area contributed by atoms with Crippen LogP contribution in [0.2, 0.25) is 0 Å². The van der Waals surface area contributed by atoms with E-state index in [1.807, 2.05) is 49.5 Å². The number of pyridine rings is 1. The van der Waals surface area contributed by atoms with E-state index >= 15 is 0 Å². The third kappa shape index (κ3) is 6.47. The van der Waals surface area contributed by atoms with Crippen LogP contribution >= 0.6 is 0 Å². The van der Waals surface area contributed by atoms with E-state index in [4.69, 9.17) is 14.5 Å². The van der Waals surface area contributed by atoms with E-state index < -0.39 is 17.7 Å². The number of amides is 2. The highest BCUT2D eigenvalue weighted by Crippen LogP contribution is 2.44. The monoisotopic (exact) mass is 612 g/mol. The lowest BCUT2D eigenvalue weighted by atomic mass is 9.88. The first-order valence-electron chi connectivity index (χ1n) is 16.1. The smallest absolute Gasteiger partial charge is 0.410 e. The lowest BCUT2D eigenvalue weighted by Crippen LogP contribution is -2.50. The van der Waals surface area contributed by atoms with Crippen LogP contribution in [-0.4, -0.2) is 74.4 Å². The first kappa shape index (κ1) is 30.8. The van der Waals surface area contributed by atoms with Crippen molar-refractivity contribution in [3.05, 3.63) is 82.7 Å². The van der Waals surface area contributed by atoms with Crippen molar-refractivity contribution >= 4 is 23.8 Å². The first-order chi connectivity index (χ1) is 21.7. The second kappa shape index (κ2) is 12.7. The number of benzene rings is 1. The Morgan fingerprint density at radius 3 is 2.53 bits per heavy atom. The largest absolute Gasteiger partial charge is 0.446 e. The predicted octanol–water partition coefficient (Wildman–Crippen LogP) is 6.03. The molecule has 45 heavy (non-hydrogen) atoms. The molecule has 10 nitrogen and oxygen atoms in total. The molecular formula is C35H44N6O4. The van der Waals surface area contributed by atoms with Crippen LogP contribution in [0.25, 0.3) is 11.6 Å². The van der Waals surface area contributed by atoms with E-state index in [9.17, 15) is 9.59 Å². The molecule has 2 amide bonds. The fraction of sp³-hybridized carbons (Fsp3) is 0.486. The van der Waals surface area contributed by atoms with Gasteiger partial charge in [-0.25, -0.2) is 14.6 Å². The van der Waals surface area contributed by atoms with Crippen molar-refractivity contribution in [2.24, 2.45) is 7.05 Å². The number of hydrogen-bond donors (Lipinski definition) is 1. The van der Waals surface area contributed by atoms with Crippen molar-refractivity contribution in [2.75, 3.05) is 26.2 Å². The van der Waals surface area contributed by atoms with E-state index in [0.717, 1.165) is 64.9 Å². The maximum atomic E-state index is 13.3. The highest BCUT2D eigenvalue weighted by atomic mass is 16.6. The Balaban J connectivity index is 1.37. The molecule has 2 fully saturated rings. The molecule has 0 bridgehead atoms. The summed E-state index contributed by atoms with van der Waals surface area (Å²) in [5.74, 6) is 0. The lowest BCUT2D eigenvalue weighted by molar-refractivity contribution is 0.0389. The molecule has 3 heterocycles. The summed E-state index contributed by atoms with van der Waals surface area (Å²) in [5.41, 5.74) is 6.58. The molecule has 6 rings (SSSR count). The molecular weight excluding hydrogens is 568 g/mol. The standard InChI is InChI=1S/C35H44N6O4/c1-6-25(7-2)44-34(43)41-17-15-40(16-18-41)32-26-11-10-23(3)19-27(26)28(20-24-9-8-14-37-30(24)32)31(29-21-36-22-39(29)5)38-33(42)45-35(4)12-13-35/h8-11,14,19-22,25,31-32H,6-7,12-13,15-18H2,1-5H3,(H,38,42). The topological polar surface area (TPSA) is 102 Å². The van der Waals surface area contributed by atoms with Gasteiger partial charge in [0.15, 0.2) is 0 Å². The Morgan fingerprint density at radius 2 is 1.87 bits per heavy atom. The van der Waals surface area contributed by atoms with Crippen LogP contribution in [0.15, 0.2) is 49.1 Å². The fourth-order valence-corrected chi connectivity index (χ4v) is 6.38. The third-order valence-corrected chi connectivity index (χ3v) is 9.39. The molecule has 1 aliphatic heterocycles. The Morgan fingerprint density at radius 1 is 1.11 bits per heavy atom. The molecule has 1 N–H and O–H groups in total. The number of ether oxygens (including phenoxy) is 2. The van der Waals surface area contributed by atoms with E-state index in [2.05, 4.69) is 52.5 Å². The van der Waals surface area contributed by atoms with Gasteiger partial charge in [-0.3, -0.25) is 9.88 Å². The molecule has 0 spiro atoms. The molecule has 1 aromatic carbocycles. The number of imidazole rings is 1. The highest BCUT2D eigenvalue weighted by molar-refractivity contribution is 5.90. The number of nitrogens with one attached hydrogen (secondary N) is 1. The van der Waals surface area contributed by atoms with Gasteiger partial charge in [-0.15, -0.1) is 0 Å². The normalized spacial score (nSPS) is 19.6. The first-order valence-corrected chi connectivity index (χ1v) is 16.1. The van der Waals surface area contributed by atoms with Gasteiger partial charge >= 0.3 is 12.2 Å². The minimum Gasteiger partial charge on any atom is -0.446 e. The van der Waals surface area contributed by atoms with Crippen molar-refractivity contribution < 1.29 is 19.1 Å². The van der Waals surface area contributed by atoms with Crippen molar-refractivity contribution in [3.8, 4) is 0 Å². The van der Waals surface area contributed by atoms with Crippen LogP contribution in [0.5, 0.6) is 0 Å². The van der Waals surface area contributed by atoms with Crippen molar-refractivity contribution in [1.82, 2.24) is 29.7 Å². The summed E-state index contributed by atoms with van der Waals surface area (Å²) in [4.78, 5) is 39.8. The zero-order valence-corrected chi connectivity index (χ0v) is 27.0.